The molecule has 3 N–H and O–H groups in total. The number of cyclic esters (lactones) is 1. The topological polar surface area (TPSA) is 131 Å². The Balaban J connectivity index is 1.64. The van der Waals surface area contributed by atoms with Crippen LogP contribution in [-0.2, 0) is 39.5 Å². The molecule has 1 aromatic carbocycles. The number of hydrogen-bond acceptors (Lipinski definition) is 7. The largest absolute Gasteiger partial charge is 0.458 e. The molecule has 4 heterocycles. The second-order valence-corrected chi connectivity index (χ2v) is 10.9. The van der Waals surface area contributed by atoms with Gasteiger partial charge in [-0.2, -0.15) is 0 Å². The summed E-state index contributed by atoms with van der Waals surface area (Å²) >= 11 is 0. The number of nitrogens with zero attached hydrogens (tertiary/aromatic N) is 2. The standard InChI is InChI=1S/C28H28FN3O6/c1-5-28(37)16-8-20-23-14(10-32(20)24(33)15(16)11-38-26(28)35)22-18(31-25(34)27(3,4)36)7-6-13-12(2)17(29)9-19(30-23)21(13)22/h8-9,18,36-37H,5-7,10-11H2,1-4H3,(H,31,34)/t18-,28+/m1/s1. The number of esters is 1. The lowest BCUT2D eigenvalue weighted by atomic mass is 9.81. The second kappa shape index (κ2) is 7.94. The monoisotopic (exact) mass is 521 g/mol. The fourth-order valence-corrected chi connectivity index (χ4v) is 6.03. The molecule has 2 atom stereocenters. The Hall–Kier alpha value is -3.63. The predicted octanol–water partition coefficient (Wildman–Crippen LogP) is 2.40. The predicted molar refractivity (Wildman–Crippen MR) is 135 cm³/mol. The molecule has 9 nitrogen and oxygen atoms in total. The third-order valence-electron chi connectivity index (χ3n) is 8.24. The van der Waals surface area contributed by atoms with Crippen LogP contribution in [0.4, 0.5) is 4.39 Å². The maximum Gasteiger partial charge on any atom is 0.343 e. The van der Waals surface area contributed by atoms with E-state index in [1.54, 1.807) is 19.9 Å². The number of aromatic nitrogens is 2. The summed E-state index contributed by atoms with van der Waals surface area (Å²) in [6.45, 7) is 6.07. The Labute approximate surface area is 217 Å². The molecule has 0 bridgehead atoms. The van der Waals surface area contributed by atoms with Crippen molar-refractivity contribution in [2.24, 2.45) is 0 Å². The maximum absolute atomic E-state index is 15.0. The molecular formula is C28H28FN3O6. The Bertz CT molecular complexity index is 1650. The van der Waals surface area contributed by atoms with Crippen LogP contribution in [0.5, 0.6) is 0 Å². The number of benzene rings is 1. The Kier molecular flexibility index (Phi) is 5.16. The number of aryl methyl sites for hydroxylation is 1. The van der Waals surface area contributed by atoms with Crippen LogP contribution in [-0.4, -0.2) is 37.2 Å². The van der Waals surface area contributed by atoms with E-state index in [1.165, 1.54) is 24.5 Å². The van der Waals surface area contributed by atoms with Gasteiger partial charge in [0.2, 0.25) is 0 Å². The average molecular weight is 522 g/mol. The van der Waals surface area contributed by atoms with Crippen molar-refractivity contribution in [1.82, 2.24) is 14.9 Å². The van der Waals surface area contributed by atoms with Crippen LogP contribution in [0.15, 0.2) is 16.9 Å². The first-order chi connectivity index (χ1) is 17.9. The van der Waals surface area contributed by atoms with Crippen LogP contribution in [0.25, 0.3) is 22.3 Å². The van der Waals surface area contributed by atoms with E-state index in [1.807, 2.05) is 0 Å². The second-order valence-electron chi connectivity index (χ2n) is 10.9. The maximum atomic E-state index is 15.0. The van der Waals surface area contributed by atoms with Gasteiger partial charge in [-0.1, -0.05) is 6.92 Å². The highest BCUT2D eigenvalue weighted by molar-refractivity contribution is 5.94. The van der Waals surface area contributed by atoms with Gasteiger partial charge in [-0.25, -0.2) is 14.2 Å². The summed E-state index contributed by atoms with van der Waals surface area (Å²) in [7, 11) is 0. The van der Waals surface area contributed by atoms with Crippen LogP contribution in [0.2, 0.25) is 0 Å². The smallest absolute Gasteiger partial charge is 0.343 e. The number of carbonyl (C=O) groups is 2. The summed E-state index contributed by atoms with van der Waals surface area (Å²) in [6, 6.07) is 2.47. The summed E-state index contributed by atoms with van der Waals surface area (Å²) in [5, 5.41) is 25.1. The summed E-state index contributed by atoms with van der Waals surface area (Å²) in [5.41, 5.74) is 0.429. The number of pyridine rings is 2. The molecule has 1 aliphatic carbocycles. The molecule has 0 saturated heterocycles. The average Bonchev–Trinajstić information content (AvgIpc) is 3.23. The molecule has 2 aromatic heterocycles. The van der Waals surface area contributed by atoms with Crippen molar-refractivity contribution in [1.29, 1.82) is 0 Å². The number of carbonyl (C=O) groups excluding carboxylic acids is 2. The lowest BCUT2D eigenvalue weighted by Gasteiger charge is -2.31. The molecule has 6 rings (SSSR count). The highest BCUT2D eigenvalue weighted by atomic mass is 19.1. The molecular weight excluding hydrogens is 493 g/mol. The number of halogens is 1. The fraction of sp³-hybridized carbons (Fsp3) is 0.429. The number of ether oxygens (including phenoxy) is 1. The van der Waals surface area contributed by atoms with Gasteiger partial charge in [0, 0.05) is 22.6 Å². The minimum absolute atomic E-state index is 0.0177. The first-order valence-corrected chi connectivity index (χ1v) is 12.7. The summed E-state index contributed by atoms with van der Waals surface area (Å²) in [6.07, 6.45) is 1.00. The molecule has 3 aromatic rings. The molecule has 0 saturated carbocycles. The van der Waals surface area contributed by atoms with E-state index in [0.717, 1.165) is 16.5 Å². The molecule has 198 valence electrons. The number of hydrogen-bond donors (Lipinski definition) is 3. The zero-order valence-corrected chi connectivity index (χ0v) is 21.6. The molecule has 0 fully saturated rings. The SMILES string of the molecule is CC[C@@]1(O)C(=O)OCc2c1cc1n(c2=O)Cc2c-1nc1cc(F)c(C)c3c1c2[C@H](NC(=O)C(C)(C)O)CC3. The molecule has 2 aliphatic heterocycles. The molecule has 0 spiro atoms. The van der Waals surface area contributed by atoms with Crippen molar-refractivity contribution in [2.45, 2.75) is 77.4 Å². The minimum Gasteiger partial charge on any atom is -0.458 e. The molecule has 10 heteroatoms. The van der Waals surface area contributed by atoms with Crippen molar-refractivity contribution in [3.05, 3.63) is 61.7 Å². The van der Waals surface area contributed by atoms with Crippen LogP contribution in [0.3, 0.4) is 0 Å². The Morgan fingerprint density at radius 1 is 1.29 bits per heavy atom. The third-order valence-corrected chi connectivity index (χ3v) is 8.24. The van der Waals surface area contributed by atoms with Gasteiger partial charge in [-0.05, 0) is 62.8 Å². The van der Waals surface area contributed by atoms with E-state index in [-0.39, 0.29) is 30.7 Å². The van der Waals surface area contributed by atoms with Crippen molar-refractivity contribution in [3.63, 3.8) is 0 Å². The van der Waals surface area contributed by atoms with E-state index < -0.39 is 40.5 Å². The van der Waals surface area contributed by atoms with E-state index in [2.05, 4.69) is 5.32 Å². The van der Waals surface area contributed by atoms with Gasteiger partial charge < -0.3 is 24.8 Å². The number of amides is 1. The van der Waals surface area contributed by atoms with Crippen molar-refractivity contribution < 1.29 is 28.9 Å². The first-order valence-electron chi connectivity index (χ1n) is 12.7. The fourth-order valence-electron chi connectivity index (χ4n) is 6.03. The molecule has 1 amide bonds. The van der Waals surface area contributed by atoms with Crippen LogP contribution >= 0.6 is 0 Å². The normalized spacial score (nSPS) is 21.6. The third kappa shape index (κ3) is 3.23. The van der Waals surface area contributed by atoms with Crippen LogP contribution in [0.1, 0.15) is 73.0 Å². The zero-order valence-electron chi connectivity index (χ0n) is 21.6. The first kappa shape index (κ1) is 24.7. The van der Waals surface area contributed by atoms with Crippen LogP contribution < -0.4 is 10.9 Å². The quantitative estimate of drug-likeness (QED) is 0.353. The van der Waals surface area contributed by atoms with Gasteiger partial charge in [0.05, 0.1) is 35.1 Å². The van der Waals surface area contributed by atoms with E-state index >= 15 is 0 Å². The molecule has 0 radical (unpaired) electrons. The van der Waals surface area contributed by atoms with Crippen molar-refractivity contribution >= 4 is 22.8 Å². The van der Waals surface area contributed by atoms with Crippen molar-refractivity contribution in [2.75, 3.05) is 0 Å². The van der Waals surface area contributed by atoms with E-state index in [0.29, 0.717) is 40.9 Å². The van der Waals surface area contributed by atoms with Gasteiger partial charge in [0.25, 0.3) is 11.5 Å². The summed E-state index contributed by atoms with van der Waals surface area (Å²) < 4.78 is 21.6. The van der Waals surface area contributed by atoms with Gasteiger partial charge >= 0.3 is 5.97 Å². The number of aliphatic hydroxyl groups is 2. The van der Waals surface area contributed by atoms with Gasteiger partial charge in [-0.3, -0.25) is 9.59 Å². The lowest BCUT2D eigenvalue weighted by molar-refractivity contribution is -0.172. The van der Waals surface area contributed by atoms with Crippen molar-refractivity contribution in [3.8, 4) is 11.4 Å². The van der Waals surface area contributed by atoms with Gasteiger partial charge in [0.1, 0.15) is 18.0 Å². The van der Waals surface area contributed by atoms with E-state index in [9.17, 15) is 29.0 Å². The zero-order chi connectivity index (χ0) is 27.3. The highest BCUT2D eigenvalue weighted by Gasteiger charge is 2.46. The van der Waals surface area contributed by atoms with Gasteiger partial charge in [-0.15, -0.1) is 0 Å². The highest BCUT2D eigenvalue weighted by Crippen LogP contribution is 2.46. The molecule has 3 aliphatic rings. The number of rotatable bonds is 3. The Morgan fingerprint density at radius 3 is 2.71 bits per heavy atom. The molecule has 38 heavy (non-hydrogen) atoms. The lowest BCUT2D eigenvalue weighted by Crippen LogP contribution is -2.44. The summed E-state index contributed by atoms with van der Waals surface area (Å²) in [4.78, 5) is 43.7. The van der Waals surface area contributed by atoms with Gasteiger partial charge in [0.15, 0.2) is 5.60 Å². The van der Waals surface area contributed by atoms with Crippen LogP contribution in [0, 0.1) is 12.7 Å². The minimum atomic E-state index is -1.96. The number of nitrogens with one attached hydrogen (secondary N) is 1. The Morgan fingerprint density at radius 2 is 2.03 bits per heavy atom. The van der Waals surface area contributed by atoms with E-state index in [4.69, 9.17) is 9.72 Å². The number of fused-ring (bicyclic) bond motifs is 5. The summed E-state index contributed by atoms with van der Waals surface area (Å²) in [5.74, 6) is -1.75. The molecule has 0 unspecified atom stereocenters.